The molecule has 0 unspecified atom stereocenters. The number of Topliss-reactive ketones (excluding diaryl/α,β-unsaturated/α-hetero) is 1. The monoisotopic (exact) mass is 298 g/mol. The van der Waals surface area contributed by atoms with Gasteiger partial charge in [-0.05, 0) is 24.3 Å². The number of benzene rings is 2. The van der Waals surface area contributed by atoms with E-state index in [1.165, 1.54) is 11.8 Å². The number of allylic oxidation sites excluding steroid dienone is 1. The molecule has 4 heteroatoms. The molecule has 1 aliphatic heterocycles. The Bertz CT molecular complexity index is 735. The lowest BCUT2D eigenvalue weighted by Crippen LogP contribution is -1.96. The molecule has 3 rings (SSSR count). The van der Waals surface area contributed by atoms with Crippen molar-refractivity contribution in [3.05, 3.63) is 58.5 Å². The highest BCUT2D eigenvalue weighted by Gasteiger charge is 2.25. The van der Waals surface area contributed by atoms with Crippen LogP contribution in [0.4, 0.5) is 0 Å². The predicted molar refractivity (Wildman–Crippen MR) is 84.2 cm³/mol. The Hall–Kier alpha value is -2.20. The molecule has 0 spiro atoms. The van der Waals surface area contributed by atoms with E-state index in [1.807, 2.05) is 48.5 Å². The summed E-state index contributed by atoms with van der Waals surface area (Å²) in [4.78, 5) is 14.1. The number of thioether (sulfide) groups is 1. The zero-order valence-electron chi connectivity index (χ0n) is 11.8. The molecule has 0 saturated carbocycles. The Morgan fingerprint density at radius 1 is 1.00 bits per heavy atom. The van der Waals surface area contributed by atoms with Gasteiger partial charge in [0.1, 0.15) is 0 Å². The summed E-state index contributed by atoms with van der Waals surface area (Å²) in [6.45, 7) is 0. The maximum atomic E-state index is 12.4. The van der Waals surface area contributed by atoms with E-state index in [-0.39, 0.29) is 5.78 Å². The molecule has 2 aromatic carbocycles. The maximum Gasteiger partial charge on any atom is 0.200 e. The summed E-state index contributed by atoms with van der Waals surface area (Å²) in [6.07, 6.45) is 1.86. The first-order chi connectivity index (χ1) is 10.2. The first kappa shape index (κ1) is 13.8. The van der Waals surface area contributed by atoms with Crippen molar-refractivity contribution in [3.8, 4) is 11.5 Å². The molecule has 0 N–H and O–H groups in total. The molecule has 0 radical (unpaired) electrons. The standard InChI is InChI=1S/C17H14O3S/c1-19-13-8-5-6-11(17(13)20-2)10-15-16(18)12-7-3-4-9-14(12)21-15/h3-10H,1-2H3/b15-10-. The van der Waals surface area contributed by atoms with Gasteiger partial charge in [0.25, 0.3) is 0 Å². The average molecular weight is 298 g/mol. The number of ether oxygens (including phenoxy) is 2. The quantitative estimate of drug-likeness (QED) is 0.801. The highest BCUT2D eigenvalue weighted by atomic mass is 32.2. The van der Waals surface area contributed by atoms with E-state index in [1.54, 1.807) is 14.2 Å². The Labute approximate surface area is 127 Å². The Morgan fingerprint density at radius 3 is 2.52 bits per heavy atom. The molecule has 0 fully saturated rings. The lowest BCUT2D eigenvalue weighted by molar-refractivity contribution is 0.104. The molecule has 0 bridgehead atoms. The van der Waals surface area contributed by atoms with Crippen LogP contribution in [0.25, 0.3) is 6.08 Å². The van der Waals surface area contributed by atoms with Gasteiger partial charge in [-0.2, -0.15) is 0 Å². The molecule has 3 nitrogen and oxygen atoms in total. The van der Waals surface area contributed by atoms with E-state index in [2.05, 4.69) is 0 Å². The third kappa shape index (κ3) is 2.43. The predicted octanol–water partition coefficient (Wildman–Crippen LogP) is 4.03. The van der Waals surface area contributed by atoms with Crippen LogP contribution >= 0.6 is 11.8 Å². The fourth-order valence-electron chi connectivity index (χ4n) is 2.30. The number of fused-ring (bicyclic) bond motifs is 1. The van der Waals surface area contributed by atoms with E-state index >= 15 is 0 Å². The number of hydrogen-bond acceptors (Lipinski definition) is 4. The van der Waals surface area contributed by atoms with Gasteiger partial charge in [0.2, 0.25) is 5.78 Å². The summed E-state index contributed by atoms with van der Waals surface area (Å²) >= 11 is 1.49. The van der Waals surface area contributed by atoms with Gasteiger partial charge in [0.05, 0.1) is 19.1 Å². The molecule has 0 amide bonds. The summed E-state index contributed by atoms with van der Waals surface area (Å²) in [5, 5.41) is 0. The van der Waals surface area contributed by atoms with Crippen LogP contribution in [0.5, 0.6) is 11.5 Å². The summed E-state index contributed by atoms with van der Waals surface area (Å²) in [7, 11) is 3.19. The Morgan fingerprint density at radius 2 is 1.81 bits per heavy atom. The van der Waals surface area contributed by atoms with Gasteiger partial charge in [-0.25, -0.2) is 0 Å². The van der Waals surface area contributed by atoms with Crippen LogP contribution in [0.1, 0.15) is 15.9 Å². The van der Waals surface area contributed by atoms with Gasteiger partial charge in [-0.1, -0.05) is 36.0 Å². The summed E-state index contributed by atoms with van der Waals surface area (Å²) < 4.78 is 10.7. The Kier molecular flexibility index (Phi) is 3.71. The largest absolute Gasteiger partial charge is 0.493 e. The molecule has 106 valence electrons. The first-order valence-electron chi connectivity index (χ1n) is 6.49. The molecule has 0 saturated heterocycles. The fourth-order valence-corrected chi connectivity index (χ4v) is 3.35. The number of rotatable bonds is 3. The highest BCUT2D eigenvalue weighted by molar-refractivity contribution is 8.04. The molecule has 1 aliphatic rings. The van der Waals surface area contributed by atoms with Crippen molar-refractivity contribution in [2.75, 3.05) is 14.2 Å². The molecule has 0 aromatic heterocycles. The maximum absolute atomic E-state index is 12.4. The summed E-state index contributed by atoms with van der Waals surface area (Å²) in [5.41, 5.74) is 1.59. The van der Waals surface area contributed by atoms with Crippen molar-refractivity contribution in [2.45, 2.75) is 4.90 Å². The summed E-state index contributed by atoms with van der Waals surface area (Å²) in [6, 6.07) is 13.3. The van der Waals surface area contributed by atoms with Crippen LogP contribution in [-0.4, -0.2) is 20.0 Å². The summed E-state index contributed by atoms with van der Waals surface area (Å²) in [5.74, 6) is 1.34. The second kappa shape index (κ2) is 5.66. The lowest BCUT2D eigenvalue weighted by atomic mass is 10.1. The number of hydrogen-bond donors (Lipinski definition) is 0. The number of methoxy groups -OCH3 is 2. The van der Waals surface area contributed by atoms with Crippen molar-refractivity contribution < 1.29 is 14.3 Å². The second-order valence-electron chi connectivity index (χ2n) is 4.52. The molecule has 21 heavy (non-hydrogen) atoms. The van der Waals surface area contributed by atoms with Crippen molar-refractivity contribution in [2.24, 2.45) is 0 Å². The van der Waals surface area contributed by atoms with Gasteiger partial charge >= 0.3 is 0 Å². The van der Waals surface area contributed by atoms with Crippen LogP contribution in [0, 0.1) is 0 Å². The van der Waals surface area contributed by atoms with Crippen LogP contribution in [-0.2, 0) is 0 Å². The molecular formula is C17H14O3S. The second-order valence-corrected chi connectivity index (χ2v) is 5.60. The van der Waals surface area contributed by atoms with E-state index in [0.29, 0.717) is 16.4 Å². The SMILES string of the molecule is COc1cccc(/C=C2\Sc3ccccc3C2=O)c1OC. The minimum atomic E-state index is 0.0560. The van der Waals surface area contributed by atoms with Gasteiger partial charge in [-0.3, -0.25) is 4.79 Å². The number of ketones is 1. The van der Waals surface area contributed by atoms with Crippen molar-refractivity contribution >= 4 is 23.6 Å². The molecule has 0 atom stereocenters. The van der Waals surface area contributed by atoms with Crippen molar-refractivity contribution in [1.29, 1.82) is 0 Å². The van der Waals surface area contributed by atoms with Gasteiger partial charge < -0.3 is 9.47 Å². The van der Waals surface area contributed by atoms with E-state index in [9.17, 15) is 4.79 Å². The van der Waals surface area contributed by atoms with Gasteiger partial charge in [-0.15, -0.1) is 0 Å². The normalized spacial score (nSPS) is 15.1. The number of carbonyl (C=O) groups is 1. The molecular weight excluding hydrogens is 284 g/mol. The van der Waals surface area contributed by atoms with E-state index < -0.39 is 0 Å². The van der Waals surface area contributed by atoms with Crippen LogP contribution < -0.4 is 9.47 Å². The van der Waals surface area contributed by atoms with Crippen LogP contribution in [0.2, 0.25) is 0 Å². The number of para-hydroxylation sites is 1. The fraction of sp³-hybridized carbons (Fsp3) is 0.118. The van der Waals surface area contributed by atoms with Crippen LogP contribution in [0.15, 0.2) is 52.3 Å². The smallest absolute Gasteiger partial charge is 0.200 e. The molecule has 2 aromatic rings. The van der Waals surface area contributed by atoms with E-state index in [0.717, 1.165) is 16.0 Å². The van der Waals surface area contributed by atoms with Crippen LogP contribution in [0.3, 0.4) is 0 Å². The minimum absolute atomic E-state index is 0.0560. The van der Waals surface area contributed by atoms with E-state index in [4.69, 9.17) is 9.47 Å². The Balaban J connectivity index is 2.03. The average Bonchev–Trinajstić information content (AvgIpc) is 2.83. The zero-order chi connectivity index (χ0) is 14.8. The molecule has 1 heterocycles. The molecule has 0 aliphatic carbocycles. The first-order valence-corrected chi connectivity index (χ1v) is 7.30. The number of carbonyl (C=O) groups excluding carboxylic acids is 1. The third-order valence-corrected chi connectivity index (χ3v) is 4.39. The lowest BCUT2D eigenvalue weighted by Gasteiger charge is -2.10. The zero-order valence-corrected chi connectivity index (χ0v) is 12.6. The van der Waals surface area contributed by atoms with Gasteiger partial charge in [0, 0.05) is 16.0 Å². The van der Waals surface area contributed by atoms with Crippen molar-refractivity contribution in [1.82, 2.24) is 0 Å². The minimum Gasteiger partial charge on any atom is -0.493 e. The van der Waals surface area contributed by atoms with Crippen molar-refractivity contribution in [3.63, 3.8) is 0 Å². The topological polar surface area (TPSA) is 35.5 Å². The third-order valence-electron chi connectivity index (χ3n) is 3.30. The van der Waals surface area contributed by atoms with Gasteiger partial charge in [0.15, 0.2) is 11.5 Å². The highest BCUT2D eigenvalue weighted by Crippen LogP contribution is 2.42.